The molecule has 2 heterocycles. The predicted molar refractivity (Wildman–Crippen MR) is 162 cm³/mol. The monoisotopic (exact) mass is 518 g/mol. The molecule has 6 aromatic rings. The molecular formula is C36H30N4. The Balaban J connectivity index is 1.31. The predicted octanol–water partition coefficient (Wildman–Crippen LogP) is 8.08. The van der Waals surface area contributed by atoms with Crippen LogP contribution in [0.4, 0.5) is 0 Å². The highest BCUT2D eigenvalue weighted by atomic mass is 15.2. The summed E-state index contributed by atoms with van der Waals surface area (Å²) < 4.78 is 0. The number of benzene rings is 5. The molecule has 0 amide bonds. The van der Waals surface area contributed by atoms with Crippen LogP contribution >= 0.6 is 0 Å². The molecule has 0 radical (unpaired) electrons. The summed E-state index contributed by atoms with van der Waals surface area (Å²) in [5, 5.41) is 7.83. The highest BCUT2D eigenvalue weighted by molar-refractivity contribution is 5.81. The van der Waals surface area contributed by atoms with Gasteiger partial charge in [0.25, 0.3) is 0 Å². The molecule has 40 heavy (non-hydrogen) atoms. The zero-order chi connectivity index (χ0) is 26.7. The molecule has 1 fully saturated rings. The molecule has 2 unspecified atom stereocenters. The molecule has 0 aliphatic carbocycles. The number of hydrogen-bond donors (Lipinski definition) is 3. The summed E-state index contributed by atoms with van der Waals surface area (Å²) in [6.45, 7) is 0. The SMILES string of the molecule is c1ccc(-c2nc(-c3ccccc3C3NC(c4ccccc4)C(c4ccccc4)N3)[nH]c2-c2ccccc2)cc1. The number of nitrogens with one attached hydrogen (secondary N) is 3. The maximum Gasteiger partial charge on any atom is 0.138 e. The Bertz CT molecular complexity index is 1590. The smallest absolute Gasteiger partial charge is 0.138 e. The van der Waals surface area contributed by atoms with E-state index in [-0.39, 0.29) is 18.2 Å². The molecule has 0 saturated carbocycles. The van der Waals surface area contributed by atoms with Crippen LogP contribution in [0.3, 0.4) is 0 Å². The van der Waals surface area contributed by atoms with E-state index in [1.54, 1.807) is 0 Å². The average molecular weight is 519 g/mol. The zero-order valence-electron chi connectivity index (χ0n) is 22.0. The average Bonchev–Trinajstić information content (AvgIpc) is 3.69. The lowest BCUT2D eigenvalue weighted by atomic mass is 9.95. The first-order chi connectivity index (χ1) is 19.8. The van der Waals surface area contributed by atoms with Crippen molar-refractivity contribution < 1.29 is 0 Å². The van der Waals surface area contributed by atoms with Gasteiger partial charge in [0.15, 0.2) is 0 Å². The van der Waals surface area contributed by atoms with Gasteiger partial charge in [-0.3, -0.25) is 10.6 Å². The van der Waals surface area contributed by atoms with Crippen molar-refractivity contribution >= 4 is 0 Å². The van der Waals surface area contributed by atoms with Crippen LogP contribution in [0.15, 0.2) is 146 Å². The Hall–Kier alpha value is -4.77. The van der Waals surface area contributed by atoms with Gasteiger partial charge in [-0.05, 0) is 16.7 Å². The second kappa shape index (κ2) is 10.8. The summed E-state index contributed by atoms with van der Waals surface area (Å²) in [7, 11) is 0. The molecule has 1 aromatic heterocycles. The van der Waals surface area contributed by atoms with Crippen LogP contribution in [0.2, 0.25) is 0 Å². The van der Waals surface area contributed by atoms with Gasteiger partial charge in [-0.15, -0.1) is 0 Å². The Morgan fingerprint density at radius 2 is 0.950 bits per heavy atom. The number of imidazole rings is 1. The van der Waals surface area contributed by atoms with E-state index in [0.717, 1.165) is 39.5 Å². The van der Waals surface area contributed by atoms with Gasteiger partial charge in [-0.2, -0.15) is 0 Å². The summed E-state index contributed by atoms with van der Waals surface area (Å²) in [6, 6.07) is 51.0. The van der Waals surface area contributed by atoms with E-state index in [9.17, 15) is 0 Å². The summed E-state index contributed by atoms with van der Waals surface area (Å²) in [5.74, 6) is 0.858. The van der Waals surface area contributed by atoms with Crippen molar-refractivity contribution in [3.05, 3.63) is 162 Å². The fraction of sp³-hybridized carbons (Fsp3) is 0.0833. The molecule has 3 N–H and O–H groups in total. The summed E-state index contributed by atoms with van der Waals surface area (Å²) >= 11 is 0. The van der Waals surface area contributed by atoms with E-state index >= 15 is 0 Å². The molecule has 1 aliphatic rings. The lowest BCUT2D eigenvalue weighted by Gasteiger charge is -2.19. The number of nitrogens with zero attached hydrogens (tertiary/aromatic N) is 1. The van der Waals surface area contributed by atoms with Crippen LogP contribution in [-0.4, -0.2) is 9.97 Å². The van der Waals surface area contributed by atoms with Gasteiger partial charge >= 0.3 is 0 Å². The molecule has 1 saturated heterocycles. The number of H-pyrrole nitrogens is 1. The van der Waals surface area contributed by atoms with Crippen molar-refractivity contribution in [3.8, 4) is 33.9 Å². The molecule has 7 rings (SSSR count). The Morgan fingerprint density at radius 1 is 0.475 bits per heavy atom. The van der Waals surface area contributed by atoms with Gasteiger partial charge in [0.2, 0.25) is 0 Å². The Kier molecular flexibility index (Phi) is 6.54. The van der Waals surface area contributed by atoms with E-state index in [0.29, 0.717) is 0 Å². The van der Waals surface area contributed by atoms with Gasteiger partial charge in [-0.1, -0.05) is 146 Å². The van der Waals surface area contributed by atoms with Crippen LogP contribution in [0.25, 0.3) is 33.9 Å². The van der Waals surface area contributed by atoms with Crippen LogP contribution < -0.4 is 10.6 Å². The molecule has 0 bridgehead atoms. The molecule has 0 spiro atoms. The minimum atomic E-state index is -0.0583. The van der Waals surface area contributed by atoms with Crippen LogP contribution in [-0.2, 0) is 0 Å². The summed E-state index contributed by atoms with van der Waals surface area (Å²) in [4.78, 5) is 8.90. The minimum absolute atomic E-state index is 0.0583. The quantitative estimate of drug-likeness (QED) is 0.209. The summed E-state index contributed by atoms with van der Waals surface area (Å²) in [6.07, 6.45) is -0.0583. The standard InChI is InChI=1S/C36H30N4/c1-5-15-25(16-6-1)31-32(26-17-7-2-8-18-26)38-35(37-31)29-23-13-14-24-30(29)36-39-33(27-19-9-3-10-20-27)34(40-36)28-21-11-4-12-22-28/h1-24,31-32,35,37-38H,(H,39,40). The maximum absolute atomic E-state index is 5.20. The van der Waals surface area contributed by atoms with Gasteiger partial charge in [-0.25, -0.2) is 4.98 Å². The number of aromatic amines is 1. The highest BCUT2D eigenvalue weighted by Gasteiger charge is 2.36. The Morgan fingerprint density at radius 3 is 1.52 bits per heavy atom. The summed E-state index contributed by atoms with van der Waals surface area (Å²) in [5.41, 5.74) is 8.94. The van der Waals surface area contributed by atoms with Gasteiger partial charge in [0, 0.05) is 16.7 Å². The molecule has 194 valence electrons. The van der Waals surface area contributed by atoms with Gasteiger partial charge in [0.1, 0.15) is 5.82 Å². The molecular weight excluding hydrogens is 488 g/mol. The van der Waals surface area contributed by atoms with Crippen molar-refractivity contribution in [2.75, 3.05) is 0 Å². The molecule has 2 atom stereocenters. The lowest BCUT2D eigenvalue weighted by molar-refractivity contribution is 0.554. The number of hydrogen-bond acceptors (Lipinski definition) is 3. The van der Waals surface area contributed by atoms with Crippen molar-refractivity contribution in [2.24, 2.45) is 0 Å². The van der Waals surface area contributed by atoms with Crippen molar-refractivity contribution in [1.29, 1.82) is 0 Å². The van der Waals surface area contributed by atoms with Crippen molar-refractivity contribution in [1.82, 2.24) is 20.6 Å². The van der Waals surface area contributed by atoms with Gasteiger partial charge in [0.05, 0.1) is 29.6 Å². The van der Waals surface area contributed by atoms with Crippen LogP contribution in [0.5, 0.6) is 0 Å². The van der Waals surface area contributed by atoms with Crippen LogP contribution in [0.1, 0.15) is 34.9 Å². The topological polar surface area (TPSA) is 52.7 Å². The number of aromatic nitrogens is 2. The van der Waals surface area contributed by atoms with Crippen LogP contribution in [0, 0.1) is 0 Å². The third-order valence-corrected chi connectivity index (χ3v) is 7.68. The lowest BCUT2D eigenvalue weighted by Crippen LogP contribution is -2.23. The van der Waals surface area contributed by atoms with E-state index in [2.05, 4.69) is 149 Å². The molecule has 5 aromatic carbocycles. The molecule has 4 heteroatoms. The van der Waals surface area contributed by atoms with E-state index < -0.39 is 0 Å². The second-order valence-electron chi connectivity index (χ2n) is 10.2. The highest BCUT2D eigenvalue weighted by Crippen LogP contribution is 2.41. The Labute approximate surface area is 234 Å². The fourth-order valence-electron chi connectivity index (χ4n) is 5.76. The largest absolute Gasteiger partial charge is 0.337 e. The fourth-order valence-corrected chi connectivity index (χ4v) is 5.76. The van der Waals surface area contributed by atoms with E-state index in [1.807, 2.05) is 12.1 Å². The van der Waals surface area contributed by atoms with E-state index in [1.165, 1.54) is 11.1 Å². The zero-order valence-corrected chi connectivity index (χ0v) is 22.0. The molecule has 1 aliphatic heterocycles. The minimum Gasteiger partial charge on any atom is -0.337 e. The first-order valence-electron chi connectivity index (χ1n) is 13.8. The van der Waals surface area contributed by atoms with Gasteiger partial charge < -0.3 is 4.98 Å². The third-order valence-electron chi connectivity index (χ3n) is 7.68. The first kappa shape index (κ1) is 24.3. The third kappa shape index (κ3) is 4.64. The first-order valence-corrected chi connectivity index (χ1v) is 13.8. The normalized spacial score (nSPS) is 18.6. The van der Waals surface area contributed by atoms with E-state index in [4.69, 9.17) is 4.98 Å². The number of rotatable bonds is 6. The maximum atomic E-state index is 5.20. The van der Waals surface area contributed by atoms with Crippen molar-refractivity contribution in [3.63, 3.8) is 0 Å². The van der Waals surface area contributed by atoms with Crippen molar-refractivity contribution in [2.45, 2.75) is 18.2 Å². The molecule has 4 nitrogen and oxygen atoms in total. The second-order valence-corrected chi connectivity index (χ2v) is 10.2.